The van der Waals surface area contributed by atoms with Crippen LogP contribution in [0.15, 0.2) is 59.5 Å². The van der Waals surface area contributed by atoms with Gasteiger partial charge in [-0.05, 0) is 23.8 Å². The SMILES string of the molecule is N#C[C@H]1[C@@H](c2ccccc2)[C@@H](CO)N1S(=O)(=O)c1cccc(F)c1. The molecule has 2 aromatic rings. The predicted octanol–water partition coefficient (Wildman–Crippen LogP) is 1.87. The first kappa shape index (κ1) is 16.6. The highest BCUT2D eigenvalue weighted by atomic mass is 32.2. The number of nitrogens with zero attached hydrogens (tertiary/aromatic N) is 2. The first-order valence-electron chi connectivity index (χ1n) is 7.35. The third-order valence-electron chi connectivity index (χ3n) is 4.23. The molecule has 0 saturated carbocycles. The van der Waals surface area contributed by atoms with Gasteiger partial charge in [0.15, 0.2) is 0 Å². The summed E-state index contributed by atoms with van der Waals surface area (Å²) in [5.74, 6) is -1.10. The molecule has 124 valence electrons. The Morgan fingerprint density at radius 3 is 2.46 bits per heavy atom. The minimum atomic E-state index is -4.08. The average Bonchev–Trinajstić information content (AvgIpc) is 2.55. The molecule has 0 unspecified atom stereocenters. The summed E-state index contributed by atoms with van der Waals surface area (Å²) in [6.07, 6.45) is 0. The van der Waals surface area contributed by atoms with Gasteiger partial charge in [-0.2, -0.15) is 9.57 Å². The second-order valence-electron chi connectivity index (χ2n) is 5.55. The molecule has 0 aromatic heterocycles. The molecule has 0 bridgehead atoms. The molecule has 3 rings (SSSR count). The molecular formula is C17H15FN2O3S. The molecule has 1 heterocycles. The average molecular weight is 346 g/mol. The molecule has 7 heteroatoms. The van der Waals surface area contributed by atoms with Gasteiger partial charge < -0.3 is 5.11 Å². The second kappa shape index (κ2) is 6.32. The number of hydrogen-bond donors (Lipinski definition) is 1. The molecule has 1 aliphatic heterocycles. The van der Waals surface area contributed by atoms with Crippen molar-refractivity contribution in [2.45, 2.75) is 22.9 Å². The molecule has 0 radical (unpaired) electrons. The molecule has 0 spiro atoms. The maximum Gasteiger partial charge on any atom is 0.244 e. The largest absolute Gasteiger partial charge is 0.395 e. The molecule has 2 aromatic carbocycles. The van der Waals surface area contributed by atoms with E-state index in [2.05, 4.69) is 0 Å². The fourth-order valence-electron chi connectivity index (χ4n) is 3.12. The Hall–Kier alpha value is -2.27. The van der Waals surface area contributed by atoms with Crippen molar-refractivity contribution in [1.29, 1.82) is 5.26 Å². The monoisotopic (exact) mass is 346 g/mol. The van der Waals surface area contributed by atoms with Crippen molar-refractivity contribution in [1.82, 2.24) is 4.31 Å². The van der Waals surface area contributed by atoms with Gasteiger partial charge in [0.25, 0.3) is 0 Å². The summed E-state index contributed by atoms with van der Waals surface area (Å²) in [5, 5.41) is 19.1. The van der Waals surface area contributed by atoms with E-state index in [1.165, 1.54) is 12.1 Å². The minimum Gasteiger partial charge on any atom is -0.395 e. The van der Waals surface area contributed by atoms with Crippen LogP contribution in [0.1, 0.15) is 11.5 Å². The van der Waals surface area contributed by atoms with Gasteiger partial charge in [-0.25, -0.2) is 12.8 Å². The number of aliphatic hydroxyl groups is 1. The van der Waals surface area contributed by atoms with Crippen molar-refractivity contribution in [3.8, 4) is 6.07 Å². The lowest BCUT2D eigenvalue weighted by molar-refractivity contribution is 0.0556. The number of aliphatic hydroxyl groups excluding tert-OH is 1. The fourth-order valence-corrected chi connectivity index (χ4v) is 4.91. The second-order valence-corrected chi connectivity index (χ2v) is 7.40. The fraction of sp³-hybridized carbons (Fsp3) is 0.235. The third kappa shape index (κ3) is 2.59. The lowest BCUT2D eigenvalue weighted by Gasteiger charge is -2.50. The van der Waals surface area contributed by atoms with Gasteiger partial charge >= 0.3 is 0 Å². The molecule has 1 N–H and O–H groups in total. The predicted molar refractivity (Wildman–Crippen MR) is 84.9 cm³/mol. The van der Waals surface area contributed by atoms with Crippen molar-refractivity contribution < 1.29 is 17.9 Å². The van der Waals surface area contributed by atoms with Gasteiger partial charge in [0.05, 0.1) is 23.6 Å². The van der Waals surface area contributed by atoms with E-state index in [1.807, 2.05) is 12.1 Å². The lowest BCUT2D eigenvalue weighted by Crippen LogP contribution is -2.65. The van der Waals surface area contributed by atoms with E-state index in [1.54, 1.807) is 24.3 Å². The van der Waals surface area contributed by atoms with Crippen LogP contribution >= 0.6 is 0 Å². The summed E-state index contributed by atoms with van der Waals surface area (Å²) >= 11 is 0. The van der Waals surface area contributed by atoms with Crippen LogP contribution in [0.25, 0.3) is 0 Å². The van der Waals surface area contributed by atoms with Crippen LogP contribution in [0.5, 0.6) is 0 Å². The van der Waals surface area contributed by atoms with Gasteiger partial charge in [-0.3, -0.25) is 0 Å². The minimum absolute atomic E-state index is 0.229. The normalized spacial score (nSPS) is 24.1. The summed E-state index contributed by atoms with van der Waals surface area (Å²) in [6.45, 7) is -0.424. The van der Waals surface area contributed by atoms with E-state index in [0.29, 0.717) is 0 Å². The summed E-state index contributed by atoms with van der Waals surface area (Å²) < 4.78 is 39.9. The van der Waals surface area contributed by atoms with Crippen LogP contribution in [-0.2, 0) is 10.0 Å². The molecule has 1 fully saturated rings. The molecule has 0 aliphatic carbocycles. The van der Waals surface area contributed by atoms with E-state index < -0.39 is 40.4 Å². The number of halogens is 1. The van der Waals surface area contributed by atoms with E-state index in [4.69, 9.17) is 0 Å². The molecule has 1 saturated heterocycles. The first-order valence-corrected chi connectivity index (χ1v) is 8.79. The Kier molecular flexibility index (Phi) is 4.37. The van der Waals surface area contributed by atoms with Gasteiger partial charge in [-0.15, -0.1) is 0 Å². The summed E-state index contributed by atoms with van der Waals surface area (Å²) in [4.78, 5) is -0.229. The van der Waals surface area contributed by atoms with Crippen molar-refractivity contribution in [2.24, 2.45) is 0 Å². The number of nitriles is 1. The molecule has 0 amide bonds. The maximum atomic E-state index is 13.4. The molecule has 3 atom stereocenters. The molecule has 1 aliphatic rings. The van der Waals surface area contributed by atoms with Crippen molar-refractivity contribution >= 4 is 10.0 Å². The maximum absolute atomic E-state index is 13.4. The zero-order chi connectivity index (χ0) is 17.3. The van der Waals surface area contributed by atoms with E-state index >= 15 is 0 Å². The van der Waals surface area contributed by atoms with Crippen LogP contribution < -0.4 is 0 Å². The van der Waals surface area contributed by atoms with Gasteiger partial charge in [-0.1, -0.05) is 36.4 Å². The topological polar surface area (TPSA) is 81.4 Å². The lowest BCUT2D eigenvalue weighted by atomic mass is 9.78. The highest BCUT2D eigenvalue weighted by Gasteiger charge is 2.55. The third-order valence-corrected chi connectivity index (χ3v) is 6.13. The Labute approximate surface area is 139 Å². The van der Waals surface area contributed by atoms with Gasteiger partial charge in [0.2, 0.25) is 10.0 Å². The van der Waals surface area contributed by atoms with Crippen LogP contribution in [0, 0.1) is 17.1 Å². The Morgan fingerprint density at radius 1 is 1.17 bits per heavy atom. The van der Waals surface area contributed by atoms with E-state index in [-0.39, 0.29) is 4.90 Å². The number of rotatable bonds is 4. The Morgan fingerprint density at radius 2 is 1.88 bits per heavy atom. The highest BCUT2D eigenvalue weighted by Crippen LogP contribution is 2.43. The standard InChI is InChI=1S/C17H15FN2O3S/c18-13-7-4-8-14(9-13)24(22,23)20-15(10-19)17(16(20)11-21)12-5-2-1-3-6-12/h1-9,15-17,21H,11H2/t15-,16+,17+/m0/s1. The first-order chi connectivity index (χ1) is 11.5. The van der Waals surface area contributed by atoms with Crippen LogP contribution in [-0.4, -0.2) is 36.5 Å². The number of benzene rings is 2. The van der Waals surface area contributed by atoms with E-state index in [0.717, 1.165) is 22.0 Å². The highest BCUT2D eigenvalue weighted by molar-refractivity contribution is 7.89. The van der Waals surface area contributed by atoms with Crippen LogP contribution in [0.2, 0.25) is 0 Å². The Bertz CT molecular complexity index is 880. The zero-order valence-electron chi connectivity index (χ0n) is 12.6. The van der Waals surface area contributed by atoms with Gasteiger partial charge in [0.1, 0.15) is 11.9 Å². The van der Waals surface area contributed by atoms with Crippen LogP contribution in [0.4, 0.5) is 4.39 Å². The summed E-state index contributed by atoms with van der Waals surface area (Å²) in [5.41, 5.74) is 0.786. The quantitative estimate of drug-likeness (QED) is 0.916. The van der Waals surface area contributed by atoms with E-state index in [9.17, 15) is 23.2 Å². The number of sulfonamides is 1. The van der Waals surface area contributed by atoms with Crippen molar-refractivity contribution in [2.75, 3.05) is 6.61 Å². The Balaban J connectivity index is 2.01. The molecular weight excluding hydrogens is 331 g/mol. The summed E-state index contributed by atoms with van der Waals surface area (Å²) in [6, 6.07) is 13.9. The van der Waals surface area contributed by atoms with Gasteiger partial charge in [0, 0.05) is 5.92 Å². The van der Waals surface area contributed by atoms with Crippen LogP contribution in [0.3, 0.4) is 0 Å². The smallest absolute Gasteiger partial charge is 0.244 e. The molecule has 24 heavy (non-hydrogen) atoms. The zero-order valence-corrected chi connectivity index (χ0v) is 13.4. The number of hydrogen-bond acceptors (Lipinski definition) is 4. The van der Waals surface area contributed by atoms with Crippen molar-refractivity contribution in [3.63, 3.8) is 0 Å². The van der Waals surface area contributed by atoms with Crippen molar-refractivity contribution in [3.05, 3.63) is 66.0 Å². The molecule has 5 nitrogen and oxygen atoms in total. The summed E-state index contributed by atoms with van der Waals surface area (Å²) in [7, 11) is -4.08.